The minimum Gasteiger partial charge on any atom is -0.365 e. The molecule has 3 heteroatoms. The van der Waals surface area contributed by atoms with Crippen LogP contribution < -0.4 is 10.6 Å². The number of hydrogen-bond donors (Lipinski definition) is 2. The summed E-state index contributed by atoms with van der Waals surface area (Å²) < 4.78 is 6.23. The Labute approximate surface area is 164 Å². The third-order valence-electron chi connectivity index (χ3n) is 8.61. The molecule has 0 heterocycles. The molecule has 5 rings (SSSR count). The van der Waals surface area contributed by atoms with Crippen LogP contribution in [0.2, 0.25) is 0 Å². The highest BCUT2D eigenvalue weighted by atomic mass is 16.5. The molecular formula is C24H36N2O. The van der Waals surface area contributed by atoms with Crippen molar-refractivity contribution in [1.82, 2.24) is 10.6 Å². The molecule has 0 bridgehead atoms. The molecule has 3 nitrogen and oxygen atoms in total. The van der Waals surface area contributed by atoms with Gasteiger partial charge >= 0.3 is 0 Å². The Balaban J connectivity index is 1.16. The van der Waals surface area contributed by atoms with E-state index in [9.17, 15) is 0 Å². The van der Waals surface area contributed by atoms with E-state index in [-0.39, 0.29) is 6.23 Å². The van der Waals surface area contributed by atoms with Gasteiger partial charge < -0.3 is 10.1 Å². The first-order valence-electron chi connectivity index (χ1n) is 11.2. The Bertz CT molecular complexity index is 671. The molecule has 0 aromatic rings. The summed E-state index contributed by atoms with van der Waals surface area (Å²) in [6.45, 7) is 5.59. The summed E-state index contributed by atoms with van der Waals surface area (Å²) in [5.41, 5.74) is 4.83. The molecule has 27 heavy (non-hydrogen) atoms. The number of nitrogens with one attached hydrogen (secondary N) is 2. The SMILES string of the molecule is CCC1=CC=C(N/C=C\C(NC)OCC2C3(CC3)C23CC3)C2(C1)CC(C)C2. The van der Waals surface area contributed by atoms with Crippen LogP contribution in [0.15, 0.2) is 35.7 Å². The zero-order chi connectivity index (χ0) is 18.7. The highest BCUT2D eigenvalue weighted by Gasteiger charge is 2.86. The second-order valence-electron chi connectivity index (χ2n) is 10.1. The molecule has 4 fully saturated rings. The molecule has 5 aliphatic rings. The lowest BCUT2D eigenvalue weighted by atomic mass is 9.57. The summed E-state index contributed by atoms with van der Waals surface area (Å²) >= 11 is 0. The summed E-state index contributed by atoms with van der Waals surface area (Å²) in [6.07, 6.45) is 19.8. The van der Waals surface area contributed by atoms with E-state index in [1.54, 1.807) is 5.57 Å². The Morgan fingerprint density at radius 1 is 1.19 bits per heavy atom. The molecule has 0 saturated heterocycles. The number of hydrogen-bond acceptors (Lipinski definition) is 3. The number of likely N-dealkylation sites (N-methyl/N-ethyl adjacent to an activating group) is 1. The van der Waals surface area contributed by atoms with Gasteiger partial charge in [-0.25, -0.2) is 0 Å². The summed E-state index contributed by atoms with van der Waals surface area (Å²) in [5.74, 6) is 1.70. The first-order chi connectivity index (χ1) is 13.1. The van der Waals surface area contributed by atoms with Gasteiger partial charge in [0.2, 0.25) is 0 Å². The van der Waals surface area contributed by atoms with Crippen LogP contribution in [0.25, 0.3) is 0 Å². The van der Waals surface area contributed by atoms with Gasteiger partial charge in [-0.1, -0.05) is 25.5 Å². The second kappa shape index (κ2) is 6.22. The van der Waals surface area contributed by atoms with Crippen molar-refractivity contribution in [3.8, 4) is 0 Å². The van der Waals surface area contributed by atoms with E-state index < -0.39 is 0 Å². The van der Waals surface area contributed by atoms with Crippen LogP contribution in [0.5, 0.6) is 0 Å². The monoisotopic (exact) mass is 368 g/mol. The summed E-state index contributed by atoms with van der Waals surface area (Å²) in [7, 11) is 1.99. The first-order valence-corrected chi connectivity index (χ1v) is 11.2. The van der Waals surface area contributed by atoms with Crippen LogP contribution in [-0.4, -0.2) is 19.9 Å². The number of allylic oxidation sites excluding steroid dienone is 4. The van der Waals surface area contributed by atoms with Gasteiger partial charge in [0.05, 0.1) is 6.61 Å². The molecule has 0 amide bonds. The molecule has 1 unspecified atom stereocenters. The van der Waals surface area contributed by atoms with Gasteiger partial charge in [-0.3, -0.25) is 5.32 Å². The third kappa shape index (κ3) is 2.76. The smallest absolute Gasteiger partial charge is 0.128 e. The Morgan fingerprint density at radius 2 is 1.89 bits per heavy atom. The Hall–Kier alpha value is -1.06. The van der Waals surface area contributed by atoms with Crippen molar-refractivity contribution in [2.45, 2.75) is 71.4 Å². The quantitative estimate of drug-likeness (QED) is 0.599. The minimum atomic E-state index is 0.00639. The maximum Gasteiger partial charge on any atom is 0.128 e. The van der Waals surface area contributed by atoms with Gasteiger partial charge in [0.25, 0.3) is 0 Å². The van der Waals surface area contributed by atoms with Crippen molar-refractivity contribution < 1.29 is 4.74 Å². The lowest BCUT2D eigenvalue weighted by molar-refractivity contribution is 0.0542. The van der Waals surface area contributed by atoms with Gasteiger partial charge in [-0.15, -0.1) is 0 Å². The van der Waals surface area contributed by atoms with Crippen LogP contribution in [0.1, 0.15) is 65.2 Å². The van der Waals surface area contributed by atoms with Gasteiger partial charge in [0.1, 0.15) is 6.23 Å². The van der Waals surface area contributed by atoms with E-state index in [0.29, 0.717) is 5.41 Å². The molecule has 5 aliphatic carbocycles. The first kappa shape index (κ1) is 18.0. The molecule has 148 valence electrons. The van der Waals surface area contributed by atoms with E-state index >= 15 is 0 Å². The van der Waals surface area contributed by atoms with Gasteiger partial charge in [-0.2, -0.15) is 0 Å². The normalized spacial score (nSPS) is 30.3. The molecule has 2 N–H and O–H groups in total. The van der Waals surface area contributed by atoms with Gasteiger partial charge in [0, 0.05) is 17.3 Å². The van der Waals surface area contributed by atoms with Crippen LogP contribution in [-0.2, 0) is 4.74 Å². The standard InChI is InChI=1S/C24H36N2O/c1-4-18-5-6-20(22(15-18)13-17(2)14-22)26-12-7-21(25-3)27-16-19-23(8-9-23)24(19)10-11-24/h5-7,12,17,19,21,25-26H,4,8-11,13-16H2,1-3H3/b12-7-. The van der Waals surface area contributed by atoms with E-state index in [4.69, 9.17) is 4.74 Å². The van der Waals surface area contributed by atoms with Crippen LogP contribution >= 0.6 is 0 Å². The fourth-order valence-corrected chi connectivity index (χ4v) is 6.83. The van der Waals surface area contributed by atoms with Gasteiger partial charge in [0.15, 0.2) is 0 Å². The third-order valence-corrected chi connectivity index (χ3v) is 8.61. The predicted molar refractivity (Wildman–Crippen MR) is 110 cm³/mol. The molecule has 0 aromatic heterocycles. The van der Waals surface area contributed by atoms with Crippen molar-refractivity contribution in [1.29, 1.82) is 0 Å². The molecule has 4 saturated carbocycles. The fourth-order valence-electron chi connectivity index (χ4n) is 6.83. The highest BCUT2D eigenvalue weighted by Crippen LogP contribution is 2.92. The topological polar surface area (TPSA) is 33.3 Å². The van der Waals surface area contributed by atoms with E-state index in [2.05, 4.69) is 48.9 Å². The van der Waals surface area contributed by atoms with Crippen molar-refractivity contribution in [2.24, 2.45) is 28.1 Å². The average molecular weight is 369 g/mol. The van der Waals surface area contributed by atoms with Crippen LogP contribution in [0.3, 0.4) is 0 Å². The predicted octanol–water partition coefficient (Wildman–Crippen LogP) is 4.88. The Kier molecular flexibility index (Phi) is 4.15. The van der Waals surface area contributed by atoms with Crippen LogP contribution in [0.4, 0.5) is 0 Å². The lowest BCUT2D eigenvalue weighted by Crippen LogP contribution is -2.42. The molecule has 1 atom stereocenters. The fraction of sp³-hybridized carbons (Fsp3) is 0.750. The van der Waals surface area contributed by atoms with E-state index in [1.165, 1.54) is 57.1 Å². The molecule has 0 aliphatic heterocycles. The summed E-state index contributed by atoms with van der Waals surface area (Å²) in [5, 5.41) is 6.93. The van der Waals surface area contributed by atoms with Crippen molar-refractivity contribution >= 4 is 0 Å². The number of ether oxygens (including phenoxy) is 1. The van der Waals surface area contributed by atoms with Crippen molar-refractivity contribution in [2.75, 3.05) is 13.7 Å². The maximum absolute atomic E-state index is 6.23. The summed E-state index contributed by atoms with van der Waals surface area (Å²) in [4.78, 5) is 0. The van der Waals surface area contributed by atoms with E-state index in [0.717, 1.165) is 29.3 Å². The molecule has 0 aromatic carbocycles. The molecule has 0 radical (unpaired) electrons. The zero-order valence-electron chi connectivity index (χ0n) is 17.3. The van der Waals surface area contributed by atoms with Crippen molar-refractivity contribution in [3.05, 3.63) is 35.7 Å². The minimum absolute atomic E-state index is 0.00639. The maximum atomic E-state index is 6.23. The van der Waals surface area contributed by atoms with E-state index in [1.807, 2.05) is 7.05 Å². The zero-order valence-corrected chi connectivity index (χ0v) is 17.3. The molecular weight excluding hydrogens is 332 g/mol. The average Bonchev–Trinajstić information content (AvgIpc) is 3.56. The van der Waals surface area contributed by atoms with Gasteiger partial charge in [-0.05, 0) is 93.2 Å². The van der Waals surface area contributed by atoms with Crippen LogP contribution in [0, 0.1) is 28.1 Å². The highest BCUT2D eigenvalue weighted by molar-refractivity contribution is 5.35. The molecule has 3 spiro atoms. The summed E-state index contributed by atoms with van der Waals surface area (Å²) in [6, 6.07) is 0. The Morgan fingerprint density at radius 3 is 2.44 bits per heavy atom. The van der Waals surface area contributed by atoms with Crippen molar-refractivity contribution in [3.63, 3.8) is 0 Å². The largest absolute Gasteiger partial charge is 0.365 e. The number of rotatable bonds is 8. The lowest BCUT2D eigenvalue weighted by Gasteiger charge is -2.50. The number of fused-ring (bicyclic) bond motifs is 1. The second-order valence-corrected chi connectivity index (χ2v) is 10.1.